The average molecular weight is 349 g/mol. The topological polar surface area (TPSA) is 73.9 Å². The number of rotatable bonds is 5. The Hall–Kier alpha value is -2.41. The van der Waals surface area contributed by atoms with E-state index in [0.29, 0.717) is 48.3 Å². The normalized spacial score (nSPS) is 13.4. The molecule has 2 aromatic carbocycles. The van der Waals surface area contributed by atoms with Gasteiger partial charge >= 0.3 is 0 Å². The van der Waals surface area contributed by atoms with Gasteiger partial charge in [-0.15, -0.1) is 0 Å². The number of benzene rings is 2. The van der Waals surface area contributed by atoms with Crippen molar-refractivity contribution in [1.29, 1.82) is 0 Å². The first kappa shape index (κ1) is 16.4. The number of hydrogen-bond donors (Lipinski definition) is 1. The summed E-state index contributed by atoms with van der Waals surface area (Å²) in [6.07, 6.45) is 0. The van der Waals surface area contributed by atoms with Gasteiger partial charge in [0.15, 0.2) is 11.5 Å². The SMILES string of the molecule is CCOc1ccccc1NS(=O)(=O)c1cc2c(cc1C)OCCO2. The van der Waals surface area contributed by atoms with Crippen LogP contribution in [0.2, 0.25) is 0 Å². The number of nitrogens with one attached hydrogen (secondary N) is 1. The van der Waals surface area contributed by atoms with Crippen molar-refractivity contribution >= 4 is 15.7 Å². The number of anilines is 1. The van der Waals surface area contributed by atoms with E-state index in [1.54, 1.807) is 37.3 Å². The van der Waals surface area contributed by atoms with Gasteiger partial charge in [-0.2, -0.15) is 0 Å². The second-order valence-corrected chi connectivity index (χ2v) is 6.95. The quantitative estimate of drug-likeness (QED) is 0.898. The van der Waals surface area contributed by atoms with Gasteiger partial charge in [0.25, 0.3) is 10.0 Å². The Morgan fingerprint density at radius 3 is 2.50 bits per heavy atom. The van der Waals surface area contributed by atoms with E-state index in [1.807, 2.05) is 6.92 Å². The van der Waals surface area contributed by atoms with Crippen LogP contribution < -0.4 is 18.9 Å². The number of ether oxygens (including phenoxy) is 3. The highest BCUT2D eigenvalue weighted by Gasteiger charge is 2.23. The predicted molar refractivity (Wildman–Crippen MR) is 90.6 cm³/mol. The molecule has 0 aromatic heterocycles. The molecule has 7 heteroatoms. The Kier molecular flexibility index (Phi) is 4.53. The Bertz CT molecular complexity index is 848. The maximum Gasteiger partial charge on any atom is 0.262 e. The zero-order valence-corrected chi connectivity index (χ0v) is 14.4. The van der Waals surface area contributed by atoms with Gasteiger partial charge in [-0.1, -0.05) is 12.1 Å². The van der Waals surface area contributed by atoms with Crippen molar-refractivity contribution in [3.05, 3.63) is 42.0 Å². The maximum absolute atomic E-state index is 12.8. The van der Waals surface area contributed by atoms with Gasteiger partial charge in [0.1, 0.15) is 19.0 Å². The summed E-state index contributed by atoms with van der Waals surface area (Å²) in [4.78, 5) is 0.151. The molecule has 128 valence electrons. The van der Waals surface area contributed by atoms with Crippen LogP contribution in [0.15, 0.2) is 41.3 Å². The van der Waals surface area contributed by atoms with Crippen LogP contribution in [0.4, 0.5) is 5.69 Å². The Labute approximate surface area is 141 Å². The first-order valence-corrected chi connectivity index (χ1v) is 9.14. The van der Waals surface area contributed by atoms with Crippen molar-refractivity contribution in [2.45, 2.75) is 18.7 Å². The number of fused-ring (bicyclic) bond motifs is 1. The van der Waals surface area contributed by atoms with E-state index in [2.05, 4.69) is 4.72 Å². The third kappa shape index (κ3) is 3.26. The van der Waals surface area contributed by atoms with Crippen LogP contribution in [-0.4, -0.2) is 28.2 Å². The molecule has 1 aliphatic heterocycles. The lowest BCUT2D eigenvalue weighted by molar-refractivity contribution is 0.171. The summed E-state index contributed by atoms with van der Waals surface area (Å²) in [6, 6.07) is 10.1. The first-order chi connectivity index (χ1) is 11.5. The minimum absolute atomic E-state index is 0.151. The lowest BCUT2D eigenvalue weighted by atomic mass is 10.2. The van der Waals surface area contributed by atoms with Gasteiger partial charge < -0.3 is 14.2 Å². The Morgan fingerprint density at radius 2 is 1.79 bits per heavy atom. The summed E-state index contributed by atoms with van der Waals surface area (Å²) < 4.78 is 44.6. The smallest absolute Gasteiger partial charge is 0.262 e. The molecule has 0 unspecified atom stereocenters. The van der Waals surface area contributed by atoms with E-state index in [-0.39, 0.29) is 4.90 Å². The van der Waals surface area contributed by atoms with Crippen molar-refractivity contribution < 1.29 is 22.6 Å². The molecular formula is C17H19NO5S. The molecule has 0 bridgehead atoms. The molecule has 3 rings (SSSR count). The predicted octanol–water partition coefficient (Wildman–Crippen LogP) is 2.97. The molecule has 0 saturated heterocycles. The number of para-hydroxylation sites is 2. The first-order valence-electron chi connectivity index (χ1n) is 7.66. The fraction of sp³-hybridized carbons (Fsp3) is 0.294. The van der Waals surface area contributed by atoms with E-state index in [1.165, 1.54) is 6.07 Å². The molecule has 0 amide bonds. The van der Waals surface area contributed by atoms with Crippen LogP contribution in [0.5, 0.6) is 17.2 Å². The Morgan fingerprint density at radius 1 is 1.12 bits per heavy atom. The minimum atomic E-state index is -3.78. The highest BCUT2D eigenvalue weighted by Crippen LogP contribution is 2.36. The van der Waals surface area contributed by atoms with Gasteiger partial charge in [0, 0.05) is 6.07 Å². The Balaban J connectivity index is 1.97. The summed E-state index contributed by atoms with van der Waals surface area (Å²) in [6.45, 7) is 4.87. The van der Waals surface area contributed by atoms with E-state index in [9.17, 15) is 8.42 Å². The molecule has 1 N–H and O–H groups in total. The summed E-state index contributed by atoms with van der Waals surface area (Å²) in [5.74, 6) is 1.48. The van der Waals surface area contributed by atoms with E-state index < -0.39 is 10.0 Å². The van der Waals surface area contributed by atoms with E-state index >= 15 is 0 Å². The molecule has 0 fully saturated rings. The highest BCUT2D eigenvalue weighted by molar-refractivity contribution is 7.92. The fourth-order valence-corrected chi connectivity index (χ4v) is 3.81. The van der Waals surface area contributed by atoms with Crippen LogP contribution in [0.1, 0.15) is 12.5 Å². The van der Waals surface area contributed by atoms with Crippen LogP contribution in [-0.2, 0) is 10.0 Å². The summed E-state index contributed by atoms with van der Waals surface area (Å²) in [7, 11) is -3.78. The van der Waals surface area contributed by atoms with E-state index in [4.69, 9.17) is 14.2 Å². The summed E-state index contributed by atoms with van der Waals surface area (Å²) >= 11 is 0. The number of aryl methyl sites for hydroxylation is 1. The van der Waals surface area contributed by atoms with Crippen molar-refractivity contribution in [1.82, 2.24) is 0 Å². The summed E-state index contributed by atoms with van der Waals surface area (Å²) in [5, 5.41) is 0. The van der Waals surface area contributed by atoms with Gasteiger partial charge in [0.2, 0.25) is 0 Å². The number of hydrogen-bond acceptors (Lipinski definition) is 5. The van der Waals surface area contributed by atoms with Crippen molar-refractivity contribution in [3.8, 4) is 17.2 Å². The lowest BCUT2D eigenvalue weighted by Gasteiger charge is -2.20. The van der Waals surface area contributed by atoms with Crippen molar-refractivity contribution in [2.24, 2.45) is 0 Å². The molecule has 0 aliphatic carbocycles. The molecule has 24 heavy (non-hydrogen) atoms. The molecular weight excluding hydrogens is 330 g/mol. The minimum Gasteiger partial charge on any atom is -0.492 e. The standard InChI is InChI=1S/C17H19NO5S/c1-3-21-14-7-5-4-6-13(14)18-24(19,20)17-11-16-15(10-12(17)2)22-8-9-23-16/h4-7,10-11,18H,3,8-9H2,1-2H3. The average Bonchev–Trinajstić information content (AvgIpc) is 2.56. The van der Waals surface area contributed by atoms with Gasteiger partial charge in [0.05, 0.1) is 17.2 Å². The third-order valence-corrected chi connectivity index (χ3v) is 5.07. The fourth-order valence-electron chi connectivity index (χ4n) is 2.49. The second-order valence-electron chi connectivity index (χ2n) is 5.30. The van der Waals surface area contributed by atoms with Crippen LogP contribution in [0, 0.1) is 6.92 Å². The number of sulfonamides is 1. The summed E-state index contributed by atoms with van der Waals surface area (Å²) in [5.41, 5.74) is 0.981. The monoisotopic (exact) mass is 349 g/mol. The van der Waals surface area contributed by atoms with Gasteiger partial charge in [-0.3, -0.25) is 4.72 Å². The van der Waals surface area contributed by atoms with Crippen LogP contribution in [0.25, 0.3) is 0 Å². The largest absolute Gasteiger partial charge is 0.492 e. The molecule has 1 heterocycles. The highest BCUT2D eigenvalue weighted by atomic mass is 32.2. The molecule has 2 aromatic rings. The van der Waals surface area contributed by atoms with Crippen LogP contribution in [0.3, 0.4) is 0 Å². The zero-order valence-electron chi connectivity index (χ0n) is 13.5. The van der Waals surface area contributed by atoms with E-state index in [0.717, 1.165) is 0 Å². The zero-order chi connectivity index (χ0) is 17.2. The molecule has 0 atom stereocenters. The molecule has 1 aliphatic rings. The van der Waals surface area contributed by atoms with Crippen molar-refractivity contribution in [2.75, 3.05) is 24.5 Å². The third-order valence-electron chi connectivity index (χ3n) is 3.56. The maximum atomic E-state index is 12.8. The van der Waals surface area contributed by atoms with Gasteiger partial charge in [-0.05, 0) is 37.6 Å². The van der Waals surface area contributed by atoms with Crippen molar-refractivity contribution in [3.63, 3.8) is 0 Å². The molecule has 0 saturated carbocycles. The molecule has 0 spiro atoms. The van der Waals surface area contributed by atoms with Gasteiger partial charge in [-0.25, -0.2) is 8.42 Å². The molecule has 0 radical (unpaired) electrons. The second kappa shape index (κ2) is 6.60. The lowest BCUT2D eigenvalue weighted by Crippen LogP contribution is -2.18. The molecule has 6 nitrogen and oxygen atoms in total. The van der Waals surface area contributed by atoms with Crippen LogP contribution >= 0.6 is 0 Å².